The Labute approximate surface area is 175 Å². The van der Waals surface area contributed by atoms with Crippen LogP contribution in [0, 0.1) is 13.8 Å². The van der Waals surface area contributed by atoms with E-state index in [1.807, 2.05) is 19.9 Å². The van der Waals surface area contributed by atoms with Gasteiger partial charge in [0.2, 0.25) is 11.7 Å². The van der Waals surface area contributed by atoms with Crippen LogP contribution in [0.2, 0.25) is 0 Å². The zero-order valence-corrected chi connectivity index (χ0v) is 17.6. The van der Waals surface area contributed by atoms with Crippen LogP contribution in [0.1, 0.15) is 25.8 Å². The highest BCUT2D eigenvalue weighted by Crippen LogP contribution is 2.47. The zero-order valence-electron chi connectivity index (χ0n) is 16.0. The molecular formula is C21H18N2O4S2. The second-order valence-electron chi connectivity index (χ2n) is 6.38. The Bertz CT molecular complexity index is 1190. The number of hydrogen-bond acceptors (Lipinski definition) is 7. The van der Waals surface area contributed by atoms with Crippen molar-refractivity contribution in [3.63, 3.8) is 0 Å². The van der Waals surface area contributed by atoms with Crippen LogP contribution in [0.5, 0.6) is 17.4 Å². The number of aromatic nitrogens is 2. The van der Waals surface area contributed by atoms with E-state index in [-0.39, 0.29) is 11.3 Å². The Kier molecular flexibility index (Phi) is 4.89. The summed E-state index contributed by atoms with van der Waals surface area (Å²) in [6, 6.07) is 10.6. The van der Waals surface area contributed by atoms with Crippen LogP contribution in [-0.4, -0.2) is 32.7 Å². The highest BCUT2D eigenvalue weighted by Gasteiger charge is 2.32. The molecular weight excluding hydrogens is 408 g/mol. The molecule has 2 N–H and O–H groups in total. The molecule has 0 aliphatic heterocycles. The molecule has 0 fully saturated rings. The third kappa shape index (κ3) is 3.10. The lowest BCUT2D eigenvalue weighted by Gasteiger charge is -2.12. The first-order valence-electron chi connectivity index (χ1n) is 8.76. The quantitative estimate of drug-likeness (QED) is 0.442. The fourth-order valence-corrected chi connectivity index (χ4v) is 4.72. The average molecular weight is 427 g/mol. The van der Waals surface area contributed by atoms with Crippen LogP contribution < -0.4 is 4.74 Å². The summed E-state index contributed by atoms with van der Waals surface area (Å²) in [6.45, 7) is 3.80. The third-order valence-electron chi connectivity index (χ3n) is 4.66. The minimum absolute atomic E-state index is 0.0138. The van der Waals surface area contributed by atoms with Crippen molar-refractivity contribution >= 4 is 28.5 Å². The van der Waals surface area contributed by atoms with Crippen LogP contribution in [0.15, 0.2) is 41.8 Å². The maximum Gasteiger partial charge on any atom is 0.242 e. The smallest absolute Gasteiger partial charge is 0.242 e. The van der Waals surface area contributed by atoms with Gasteiger partial charge in [-0.25, -0.2) is 4.98 Å². The summed E-state index contributed by atoms with van der Waals surface area (Å²) in [5.74, 6) is -0.775. The maximum absolute atomic E-state index is 13.3. The Morgan fingerprint density at radius 3 is 2.52 bits per heavy atom. The number of ether oxygens (including phenoxy) is 1. The highest BCUT2D eigenvalue weighted by atomic mass is 32.1. The number of carbonyl (C=O) groups is 1. The van der Waals surface area contributed by atoms with Crippen molar-refractivity contribution in [2.75, 3.05) is 7.11 Å². The molecule has 0 radical (unpaired) electrons. The Balaban J connectivity index is 2.09. The topological polar surface area (TPSA) is 84.6 Å². The number of nitrogens with zero attached hydrogens (tertiary/aromatic N) is 2. The summed E-state index contributed by atoms with van der Waals surface area (Å²) in [5, 5.41) is 23.8. The van der Waals surface area contributed by atoms with Gasteiger partial charge in [-0.2, -0.15) is 0 Å². The summed E-state index contributed by atoms with van der Waals surface area (Å²) in [6.07, 6.45) is 0. The van der Waals surface area contributed by atoms with Gasteiger partial charge in [-0.15, -0.1) is 22.7 Å². The van der Waals surface area contributed by atoms with Crippen LogP contribution >= 0.6 is 22.7 Å². The molecule has 0 amide bonds. The van der Waals surface area contributed by atoms with Crippen LogP contribution in [0.4, 0.5) is 0 Å². The number of ketones is 1. The van der Waals surface area contributed by atoms with Gasteiger partial charge < -0.3 is 14.9 Å². The number of aromatic hydroxyl groups is 2. The summed E-state index contributed by atoms with van der Waals surface area (Å²) in [7, 11) is 1.53. The average Bonchev–Trinajstić information content (AvgIpc) is 3.42. The molecule has 148 valence electrons. The maximum atomic E-state index is 13.3. The van der Waals surface area contributed by atoms with Gasteiger partial charge in [-0.05, 0) is 37.4 Å². The van der Waals surface area contributed by atoms with E-state index in [4.69, 9.17) is 4.74 Å². The zero-order chi connectivity index (χ0) is 20.7. The molecule has 0 bridgehead atoms. The number of carbonyl (C=O) groups excluding carboxylic acids is 1. The summed E-state index contributed by atoms with van der Waals surface area (Å²) in [4.78, 5) is 19.2. The minimum atomic E-state index is -0.477. The Hall–Kier alpha value is -3.10. The first-order chi connectivity index (χ1) is 13.9. The van der Waals surface area contributed by atoms with Crippen molar-refractivity contribution in [1.82, 2.24) is 9.55 Å². The lowest BCUT2D eigenvalue weighted by atomic mass is 10.0. The van der Waals surface area contributed by atoms with E-state index in [1.165, 1.54) is 34.4 Å². The van der Waals surface area contributed by atoms with Gasteiger partial charge >= 0.3 is 0 Å². The lowest BCUT2D eigenvalue weighted by molar-refractivity contribution is 0.104. The van der Waals surface area contributed by atoms with E-state index in [1.54, 1.807) is 35.7 Å². The predicted octanol–water partition coefficient (Wildman–Crippen LogP) is 4.93. The molecule has 0 atom stereocenters. The number of aryl methyl sites for hydroxylation is 2. The van der Waals surface area contributed by atoms with Crippen molar-refractivity contribution in [2.24, 2.45) is 0 Å². The van der Waals surface area contributed by atoms with Gasteiger partial charge in [-0.1, -0.05) is 18.2 Å². The molecule has 0 saturated carbocycles. The van der Waals surface area contributed by atoms with E-state index in [0.29, 0.717) is 27.0 Å². The van der Waals surface area contributed by atoms with Gasteiger partial charge in [0.25, 0.3) is 0 Å². The monoisotopic (exact) mass is 426 g/mol. The number of hydrogen-bond donors (Lipinski definition) is 2. The van der Waals surface area contributed by atoms with Crippen molar-refractivity contribution in [2.45, 2.75) is 13.8 Å². The number of thiazole rings is 1. The summed E-state index contributed by atoms with van der Waals surface area (Å²) >= 11 is 2.64. The molecule has 6 nitrogen and oxygen atoms in total. The molecule has 0 unspecified atom stereocenters. The van der Waals surface area contributed by atoms with E-state index in [9.17, 15) is 15.0 Å². The van der Waals surface area contributed by atoms with Gasteiger partial charge in [0.05, 0.1) is 28.9 Å². The standard InChI is InChI=1S/C21H18N2O4S2/c1-11-12(2)29-21(22-11)23-17(13-7-4-5-8-14(13)27-3)16(19(25)20(23)26)18(24)15-9-6-10-28-15/h4-10,25-26H,1-3H3. The molecule has 3 heterocycles. The second kappa shape index (κ2) is 7.38. The molecule has 3 aromatic heterocycles. The molecule has 1 aromatic carbocycles. The first-order valence-corrected chi connectivity index (χ1v) is 10.5. The predicted molar refractivity (Wildman–Crippen MR) is 114 cm³/mol. The Morgan fingerprint density at radius 2 is 1.90 bits per heavy atom. The second-order valence-corrected chi connectivity index (χ2v) is 8.51. The molecule has 4 aromatic rings. The number of methoxy groups -OCH3 is 1. The summed E-state index contributed by atoms with van der Waals surface area (Å²) in [5.41, 5.74) is 1.73. The molecule has 0 spiro atoms. The normalized spacial score (nSPS) is 11.0. The van der Waals surface area contributed by atoms with E-state index >= 15 is 0 Å². The SMILES string of the molecule is COc1ccccc1-c1c(C(=O)c2cccs2)c(O)c(O)n1-c1nc(C)c(C)s1. The fraction of sp³-hybridized carbons (Fsp3) is 0.143. The fourth-order valence-electron chi connectivity index (χ4n) is 3.13. The highest BCUT2D eigenvalue weighted by molar-refractivity contribution is 7.14. The number of para-hydroxylation sites is 1. The van der Waals surface area contributed by atoms with Crippen LogP contribution in [-0.2, 0) is 0 Å². The number of rotatable bonds is 5. The van der Waals surface area contributed by atoms with Crippen molar-refractivity contribution in [3.8, 4) is 33.8 Å². The van der Waals surface area contributed by atoms with Crippen molar-refractivity contribution in [3.05, 3.63) is 62.8 Å². The van der Waals surface area contributed by atoms with Gasteiger partial charge in [-0.3, -0.25) is 9.36 Å². The van der Waals surface area contributed by atoms with Gasteiger partial charge in [0, 0.05) is 10.4 Å². The molecule has 8 heteroatoms. The van der Waals surface area contributed by atoms with E-state index < -0.39 is 11.6 Å². The van der Waals surface area contributed by atoms with E-state index in [0.717, 1.165) is 10.6 Å². The van der Waals surface area contributed by atoms with Crippen molar-refractivity contribution < 1.29 is 19.7 Å². The molecule has 0 aliphatic carbocycles. The molecule has 0 aliphatic rings. The lowest BCUT2D eigenvalue weighted by Crippen LogP contribution is -2.04. The first kappa shape index (κ1) is 19.2. The largest absolute Gasteiger partial charge is 0.503 e. The van der Waals surface area contributed by atoms with Crippen LogP contribution in [0.25, 0.3) is 16.4 Å². The van der Waals surface area contributed by atoms with Gasteiger partial charge in [0.1, 0.15) is 5.75 Å². The summed E-state index contributed by atoms with van der Waals surface area (Å²) < 4.78 is 6.91. The van der Waals surface area contributed by atoms with Gasteiger partial charge in [0.15, 0.2) is 10.9 Å². The van der Waals surface area contributed by atoms with E-state index in [2.05, 4.69) is 4.98 Å². The third-order valence-corrected chi connectivity index (χ3v) is 6.59. The number of thiophene rings is 1. The minimum Gasteiger partial charge on any atom is -0.503 e. The molecule has 29 heavy (non-hydrogen) atoms. The number of benzene rings is 1. The Morgan fingerprint density at radius 1 is 1.14 bits per heavy atom. The van der Waals surface area contributed by atoms with Crippen LogP contribution in [0.3, 0.4) is 0 Å². The van der Waals surface area contributed by atoms with Crippen molar-refractivity contribution in [1.29, 1.82) is 0 Å². The molecule has 0 saturated heterocycles. The molecule has 4 rings (SSSR count).